The van der Waals surface area contributed by atoms with Crippen molar-refractivity contribution in [1.29, 1.82) is 0 Å². The molecule has 2 rings (SSSR count). The highest BCUT2D eigenvalue weighted by Gasteiger charge is 2.30. The summed E-state index contributed by atoms with van der Waals surface area (Å²) in [4.78, 5) is 2.52. The second-order valence-corrected chi connectivity index (χ2v) is 6.29. The molecule has 1 aliphatic heterocycles. The third-order valence-electron chi connectivity index (χ3n) is 4.36. The molecule has 1 aromatic rings. The zero-order valence-electron chi connectivity index (χ0n) is 13.9. The highest BCUT2D eigenvalue weighted by Crippen LogP contribution is 2.25. The maximum Gasteiger partial charge on any atom is 0.0897 e. The number of morpholine rings is 1. The van der Waals surface area contributed by atoms with Gasteiger partial charge >= 0.3 is 0 Å². The number of benzene rings is 1. The highest BCUT2D eigenvalue weighted by atomic mass is 16.5. The van der Waals surface area contributed by atoms with Gasteiger partial charge in [0.15, 0.2) is 0 Å². The topological polar surface area (TPSA) is 24.5 Å². The molecule has 1 fully saturated rings. The summed E-state index contributed by atoms with van der Waals surface area (Å²) in [5.74, 6) is 0. The summed E-state index contributed by atoms with van der Waals surface area (Å²) in [5.41, 5.74) is 2.72. The van der Waals surface area contributed by atoms with Crippen molar-refractivity contribution in [2.75, 3.05) is 26.2 Å². The lowest BCUT2D eigenvalue weighted by atomic mass is 9.95. The van der Waals surface area contributed by atoms with Crippen molar-refractivity contribution in [2.24, 2.45) is 0 Å². The Morgan fingerprint density at radius 3 is 2.76 bits per heavy atom. The smallest absolute Gasteiger partial charge is 0.0897 e. The van der Waals surface area contributed by atoms with Crippen LogP contribution in [0.1, 0.15) is 44.4 Å². The van der Waals surface area contributed by atoms with Gasteiger partial charge in [0.2, 0.25) is 0 Å². The van der Waals surface area contributed by atoms with E-state index in [0.29, 0.717) is 6.04 Å². The second-order valence-electron chi connectivity index (χ2n) is 6.29. The van der Waals surface area contributed by atoms with E-state index in [9.17, 15) is 0 Å². The number of aryl methyl sites for hydroxylation is 1. The van der Waals surface area contributed by atoms with Crippen molar-refractivity contribution in [1.82, 2.24) is 10.2 Å². The van der Waals surface area contributed by atoms with Crippen LogP contribution >= 0.6 is 0 Å². The Balaban J connectivity index is 2.17. The first kappa shape index (κ1) is 16.5. The third kappa shape index (κ3) is 4.29. The Bertz CT molecular complexity index is 433. The van der Waals surface area contributed by atoms with Gasteiger partial charge in [-0.1, -0.05) is 31.2 Å². The van der Waals surface area contributed by atoms with Crippen LogP contribution in [0.25, 0.3) is 0 Å². The van der Waals surface area contributed by atoms with Crippen molar-refractivity contribution in [3.8, 4) is 0 Å². The molecule has 0 aromatic heterocycles. The number of hydrogen-bond donors (Lipinski definition) is 1. The molecular weight excluding hydrogens is 260 g/mol. The number of nitrogens with one attached hydrogen (secondary N) is 1. The standard InChI is InChI=1S/C18H30N2O/c1-5-10-19-18(16-9-7-6-8-15(16)4)17-13-20(14(2)3)11-12-21-17/h6-9,14,17-19H,5,10-13H2,1-4H3. The largest absolute Gasteiger partial charge is 0.374 e. The minimum Gasteiger partial charge on any atom is -0.374 e. The van der Waals surface area contributed by atoms with Crippen LogP contribution in [0.2, 0.25) is 0 Å². The molecule has 1 saturated heterocycles. The van der Waals surface area contributed by atoms with Crippen LogP contribution in [-0.2, 0) is 4.74 Å². The van der Waals surface area contributed by atoms with Crippen molar-refractivity contribution < 1.29 is 4.74 Å². The lowest BCUT2D eigenvalue weighted by molar-refractivity contribution is -0.0561. The zero-order valence-corrected chi connectivity index (χ0v) is 13.9. The number of hydrogen-bond acceptors (Lipinski definition) is 3. The normalized spacial score (nSPS) is 21.7. The number of ether oxygens (including phenoxy) is 1. The Morgan fingerprint density at radius 1 is 1.33 bits per heavy atom. The molecule has 3 nitrogen and oxygen atoms in total. The summed E-state index contributed by atoms with van der Waals surface area (Å²) < 4.78 is 6.12. The van der Waals surface area contributed by atoms with Crippen LogP contribution < -0.4 is 5.32 Å². The fourth-order valence-corrected chi connectivity index (χ4v) is 3.04. The Kier molecular flexibility index (Phi) is 6.22. The van der Waals surface area contributed by atoms with Gasteiger partial charge in [0.25, 0.3) is 0 Å². The first-order chi connectivity index (χ1) is 10.1. The van der Waals surface area contributed by atoms with E-state index in [-0.39, 0.29) is 12.1 Å². The van der Waals surface area contributed by atoms with E-state index in [1.54, 1.807) is 0 Å². The molecule has 1 N–H and O–H groups in total. The molecule has 0 spiro atoms. The van der Waals surface area contributed by atoms with Gasteiger partial charge in [0, 0.05) is 19.1 Å². The van der Waals surface area contributed by atoms with Crippen molar-refractivity contribution in [3.05, 3.63) is 35.4 Å². The van der Waals surface area contributed by atoms with Crippen LogP contribution in [-0.4, -0.2) is 43.3 Å². The molecule has 0 aliphatic carbocycles. The highest BCUT2D eigenvalue weighted by molar-refractivity contribution is 5.29. The van der Waals surface area contributed by atoms with Gasteiger partial charge in [-0.2, -0.15) is 0 Å². The van der Waals surface area contributed by atoms with E-state index in [2.05, 4.69) is 62.2 Å². The third-order valence-corrected chi connectivity index (χ3v) is 4.36. The van der Waals surface area contributed by atoms with Crippen molar-refractivity contribution in [3.63, 3.8) is 0 Å². The molecule has 118 valence electrons. The maximum absolute atomic E-state index is 6.12. The van der Waals surface area contributed by atoms with Crippen LogP contribution in [0.4, 0.5) is 0 Å². The van der Waals surface area contributed by atoms with Crippen LogP contribution in [0, 0.1) is 6.92 Å². The van der Waals surface area contributed by atoms with Gasteiger partial charge in [0.05, 0.1) is 18.8 Å². The van der Waals surface area contributed by atoms with E-state index in [0.717, 1.165) is 32.7 Å². The minimum absolute atomic E-state index is 0.230. The summed E-state index contributed by atoms with van der Waals surface area (Å²) in [7, 11) is 0. The van der Waals surface area contributed by atoms with Crippen LogP contribution in [0.3, 0.4) is 0 Å². The summed E-state index contributed by atoms with van der Waals surface area (Å²) in [6.07, 6.45) is 1.37. The maximum atomic E-state index is 6.12. The first-order valence-electron chi connectivity index (χ1n) is 8.28. The molecule has 0 radical (unpaired) electrons. The number of nitrogens with zero attached hydrogens (tertiary/aromatic N) is 1. The van der Waals surface area contributed by atoms with E-state index in [1.165, 1.54) is 11.1 Å². The monoisotopic (exact) mass is 290 g/mol. The predicted molar refractivity (Wildman–Crippen MR) is 88.7 cm³/mol. The Morgan fingerprint density at radius 2 is 2.10 bits per heavy atom. The van der Waals surface area contributed by atoms with Gasteiger partial charge in [-0.05, 0) is 44.9 Å². The van der Waals surface area contributed by atoms with Gasteiger partial charge in [-0.25, -0.2) is 0 Å². The van der Waals surface area contributed by atoms with Crippen LogP contribution in [0.15, 0.2) is 24.3 Å². The van der Waals surface area contributed by atoms with Gasteiger partial charge in [-0.15, -0.1) is 0 Å². The summed E-state index contributed by atoms with van der Waals surface area (Å²) >= 11 is 0. The SMILES string of the molecule is CCCNC(c1ccccc1C)C1CN(C(C)C)CCO1. The molecule has 1 heterocycles. The molecule has 3 heteroatoms. The molecular formula is C18H30N2O. The molecule has 0 saturated carbocycles. The predicted octanol–water partition coefficient (Wildman–Crippen LogP) is 3.14. The van der Waals surface area contributed by atoms with Gasteiger partial charge < -0.3 is 10.1 Å². The molecule has 2 unspecified atom stereocenters. The Hall–Kier alpha value is -0.900. The molecule has 1 aliphatic rings. The molecule has 2 atom stereocenters. The van der Waals surface area contributed by atoms with Crippen LogP contribution in [0.5, 0.6) is 0 Å². The molecule has 21 heavy (non-hydrogen) atoms. The van der Waals surface area contributed by atoms with Gasteiger partial charge in [0.1, 0.15) is 0 Å². The lowest BCUT2D eigenvalue weighted by Gasteiger charge is -2.39. The van der Waals surface area contributed by atoms with E-state index in [4.69, 9.17) is 4.74 Å². The summed E-state index contributed by atoms with van der Waals surface area (Å²) in [5, 5.41) is 3.70. The van der Waals surface area contributed by atoms with Gasteiger partial charge in [-0.3, -0.25) is 4.90 Å². The van der Waals surface area contributed by atoms with Crippen molar-refractivity contribution in [2.45, 2.75) is 52.3 Å². The van der Waals surface area contributed by atoms with E-state index in [1.807, 2.05) is 0 Å². The lowest BCUT2D eigenvalue weighted by Crippen LogP contribution is -2.50. The summed E-state index contributed by atoms with van der Waals surface area (Å²) in [6.45, 7) is 12.9. The first-order valence-corrected chi connectivity index (χ1v) is 8.28. The molecule has 0 amide bonds. The Labute approximate surface area is 129 Å². The average molecular weight is 290 g/mol. The summed E-state index contributed by atoms with van der Waals surface area (Å²) in [6, 6.07) is 9.54. The van der Waals surface area contributed by atoms with E-state index < -0.39 is 0 Å². The fraction of sp³-hybridized carbons (Fsp3) is 0.667. The van der Waals surface area contributed by atoms with Crippen molar-refractivity contribution >= 4 is 0 Å². The second kappa shape index (κ2) is 7.92. The average Bonchev–Trinajstić information content (AvgIpc) is 2.49. The van der Waals surface area contributed by atoms with E-state index >= 15 is 0 Å². The quantitative estimate of drug-likeness (QED) is 0.871. The fourth-order valence-electron chi connectivity index (χ4n) is 3.04. The molecule has 1 aromatic carbocycles. The number of rotatable bonds is 6. The minimum atomic E-state index is 0.230. The zero-order chi connectivity index (χ0) is 15.2. The molecule has 0 bridgehead atoms.